The fourth-order valence-electron chi connectivity index (χ4n) is 4.11. The summed E-state index contributed by atoms with van der Waals surface area (Å²) in [7, 11) is 1.71. The zero-order valence-electron chi connectivity index (χ0n) is 13.6. The molecule has 0 radical (unpaired) electrons. The average molecular weight is 313 g/mol. The van der Waals surface area contributed by atoms with E-state index in [1.807, 2.05) is 12.1 Å². The second-order valence-corrected chi connectivity index (χ2v) is 6.58. The van der Waals surface area contributed by atoms with Gasteiger partial charge < -0.3 is 4.74 Å². The minimum Gasteiger partial charge on any atom is -0.497 e. The van der Waals surface area contributed by atoms with Gasteiger partial charge in [-0.3, -0.25) is 4.90 Å². The Morgan fingerprint density at radius 2 is 1.29 bits per heavy atom. The van der Waals surface area contributed by atoms with E-state index in [2.05, 4.69) is 65.6 Å². The molecule has 3 aromatic rings. The largest absolute Gasteiger partial charge is 0.497 e. The third kappa shape index (κ3) is 2.00. The van der Waals surface area contributed by atoms with E-state index >= 15 is 0 Å². The van der Waals surface area contributed by atoms with Crippen LogP contribution in [0.3, 0.4) is 0 Å². The van der Waals surface area contributed by atoms with Crippen LogP contribution in [0.5, 0.6) is 5.75 Å². The zero-order chi connectivity index (χ0) is 16.1. The van der Waals surface area contributed by atoms with E-state index < -0.39 is 0 Å². The molecule has 2 aliphatic rings. The summed E-state index contributed by atoms with van der Waals surface area (Å²) < 4.78 is 5.26. The van der Waals surface area contributed by atoms with Crippen molar-refractivity contribution in [1.29, 1.82) is 0 Å². The molecule has 0 N–H and O–H groups in total. The molecule has 118 valence electrons. The van der Waals surface area contributed by atoms with Crippen molar-refractivity contribution in [1.82, 2.24) is 4.90 Å². The lowest BCUT2D eigenvalue weighted by molar-refractivity contribution is 0.414. The smallest absolute Gasteiger partial charge is 0.118 e. The van der Waals surface area contributed by atoms with Gasteiger partial charge in [0.2, 0.25) is 0 Å². The number of hydrogen-bond donors (Lipinski definition) is 0. The average Bonchev–Trinajstić information content (AvgIpc) is 3.37. The first-order valence-corrected chi connectivity index (χ1v) is 8.44. The molecule has 1 aliphatic heterocycles. The molecule has 0 amide bonds. The summed E-state index contributed by atoms with van der Waals surface area (Å²) in [4.78, 5) is 2.59. The van der Waals surface area contributed by atoms with Crippen LogP contribution in [0.1, 0.15) is 28.8 Å². The van der Waals surface area contributed by atoms with Crippen LogP contribution in [0.4, 0.5) is 0 Å². The van der Waals surface area contributed by atoms with Gasteiger partial charge in [0, 0.05) is 6.54 Å². The van der Waals surface area contributed by atoms with E-state index in [1.165, 1.54) is 27.8 Å². The number of rotatable bonds is 3. The maximum absolute atomic E-state index is 5.26. The highest BCUT2D eigenvalue weighted by molar-refractivity contribution is 5.76. The Morgan fingerprint density at radius 3 is 1.83 bits per heavy atom. The Kier molecular flexibility index (Phi) is 3.00. The summed E-state index contributed by atoms with van der Waals surface area (Å²) in [6, 6.07) is 27.2. The van der Waals surface area contributed by atoms with Crippen LogP contribution >= 0.6 is 0 Å². The van der Waals surface area contributed by atoms with Crippen LogP contribution in [0.25, 0.3) is 11.1 Å². The first kappa shape index (κ1) is 13.8. The molecule has 0 spiro atoms. The zero-order valence-corrected chi connectivity index (χ0v) is 13.6. The molecule has 1 heterocycles. The minimum absolute atomic E-state index is 0.512. The van der Waals surface area contributed by atoms with Crippen LogP contribution < -0.4 is 4.74 Å². The number of hydrogen-bond acceptors (Lipinski definition) is 2. The molecule has 2 heteroatoms. The molecule has 1 aliphatic carbocycles. The third-order valence-corrected chi connectivity index (χ3v) is 5.30. The molecule has 0 bridgehead atoms. The fraction of sp³-hybridized carbons (Fsp3) is 0.182. The van der Waals surface area contributed by atoms with Crippen molar-refractivity contribution in [3.05, 3.63) is 89.5 Å². The van der Waals surface area contributed by atoms with E-state index in [1.54, 1.807) is 7.11 Å². The van der Waals surface area contributed by atoms with Crippen LogP contribution in [-0.2, 0) is 6.54 Å². The molecule has 3 aromatic carbocycles. The van der Waals surface area contributed by atoms with Gasteiger partial charge in [0.05, 0.1) is 19.2 Å². The Labute approximate surface area is 142 Å². The van der Waals surface area contributed by atoms with Crippen molar-refractivity contribution in [2.45, 2.75) is 18.6 Å². The standard InChI is InChI=1S/C22H19NO/c1-24-16-12-10-15(11-13-16)14-23-21-19-8-4-2-6-17(19)18-7-3-5-9-20(18)22(21)23/h2-13,21-22H,14H2,1H3. The molecule has 2 atom stereocenters. The van der Waals surface area contributed by atoms with Crippen molar-refractivity contribution in [3.8, 4) is 16.9 Å². The Hall–Kier alpha value is -2.58. The van der Waals surface area contributed by atoms with Crippen LogP contribution in [0.15, 0.2) is 72.8 Å². The molecule has 1 fully saturated rings. The van der Waals surface area contributed by atoms with Gasteiger partial charge in [-0.25, -0.2) is 0 Å². The predicted molar refractivity (Wildman–Crippen MR) is 95.9 cm³/mol. The van der Waals surface area contributed by atoms with Crippen LogP contribution in [0, 0.1) is 0 Å². The Balaban J connectivity index is 1.52. The molecule has 0 aromatic heterocycles. The molecular formula is C22H19NO. The molecule has 24 heavy (non-hydrogen) atoms. The minimum atomic E-state index is 0.512. The summed E-state index contributed by atoms with van der Waals surface area (Å²) >= 11 is 0. The summed E-state index contributed by atoms with van der Waals surface area (Å²) in [5, 5.41) is 0. The van der Waals surface area contributed by atoms with Gasteiger partial charge in [0.25, 0.3) is 0 Å². The lowest BCUT2D eigenvalue weighted by atomic mass is 9.86. The van der Waals surface area contributed by atoms with Gasteiger partial charge in [-0.15, -0.1) is 0 Å². The summed E-state index contributed by atoms with van der Waals surface area (Å²) in [6.45, 7) is 0.974. The molecule has 5 rings (SSSR count). The maximum Gasteiger partial charge on any atom is 0.118 e. The van der Waals surface area contributed by atoms with Crippen molar-refractivity contribution in [3.63, 3.8) is 0 Å². The summed E-state index contributed by atoms with van der Waals surface area (Å²) in [5.74, 6) is 0.914. The SMILES string of the molecule is COc1ccc(CN2C3c4ccccc4-c4ccccc4C32)cc1. The number of methoxy groups -OCH3 is 1. The van der Waals surface area contributed by atoms with Crippen LogP contribution in [-0.4, -0.2) is 12.0 Å². The number of fused-ring (bicyclic) bond motifs is 6. The number of benzene rings is 3. The molecule has 2 nitrogen and oxygen atoms in total. The van der Waals surface area contributed by atoms with Crippen molar-refractivity contribution < 1.29 is 4.74 Å². The highest BCUT2D eigenvalue weighted by Gasteiger charge is 2.53. The highest BCUT2D eigenvalue weighted by Crippen LogP contribution is 2.62. The number of nitrogens with zero attached hydrogens (tertiary/aromatic N) is 1. The second-order valence-electron chi connectivity index (χ2n) is 6.58. The molecule has 2 unspecified atom stereocenters. The van der Waals surface area contributed by atoms with Crippen molar-refractivity contribution >= 4 is 0 Å². The summed E-state index contributed by atoms with van der Waals surface area (Å²) in [6.07, 6.45) is 0. The third-order valence-electron chi connectivity index (χ3n) is 5.30. The lowest BCUT2D eigenvalue weighted by Crippen LogP contribution is -1.99. The summed E-state index contributed by atoms with van der Waals surface area (Å²) in [5.41, 5.74) is 7.06. The van der Waals surface area contributed by atoms with E-state index in [-0.39, 0.29) is 0 Å². The fourth-order valence-corrected chi connectivity index (χ4v) is 4.11. The number of ether oxygens (including phenoxy) is 1. The quantitative estimate of drug-likeness (QED) is 0.633. The van der Waals surface area contributed by atoms with Crippen molar-refractivity contribution in [2.24, 2.45) is 0 Å². The molecular weight excluding hydrogens is 294 g/mol. The van der Waals surface area contributed by atoms with Crippen molar-refractivity contribution in [2.75, 3.05) is 7.11 Å². The normalized spacial score (nSPS) is 23.0. The predicted octanol–water partition coefficient (Wildman–Crippen LogP) is 4.97. The topological polar surface area (TPSA) is 12.2 Å². The first-order valence-electron chi connectivity index (χ1n) is 8.44. The monoisotopic (exact) mass is 313 g/mol. The maximum atomic E-state index is 5.26. The second kappa shape index (κ2) is 5.22. The molecule has 0 saturated carbocycles. The van der Waals surface area contributed by atoms with Gasteiger partial charge in [-0.05, 0) is 39.9 Å². The molecule has 1 saturated heterocycles. The van der Waals surface area contributed by atoms with Gasteiger partial charge in [0.15, 0.2) is 0 Å². The Bertz CT molecular complexity index is 848. The van der Waals surface area contributed by atoms with E-state index in [0.29, 0.717) is 12.1 Å². The highest BCUT2D eigenvalue weighted by atomic mass is 16.5. The lowest BCUT2D eigenvalue weighted by Gasteiger charge is -2.16. The first-order chi connectivity index (χ1) is 11.9. The van der Waals surface area contributed by atoms with Gasteiger partial charge in [-0.1, -0.05) is 60.7 Å². The van der Waals surface area contributed by atoms with Crippen LogP contribution in [0.2, 0.25) is 0 Å². The van der Waals surface area contributed by atoms with E-state index in [9.17, 15) is 0 Å². The van der Waals surface area contributed by atoms with Gasteiger partial charge in [-0.2, -0.15) is 0 Å². The van der Waals surface area contributed by atoms with E-state index in [0.717, 1.165) is 12.3 Å². The van der Waals surface area contributed by atoms with Gasteiger partial charge >= 0.3 is 0 Å². The van der Waals surface area contributed by atoms with E-state index in [4.69, 9.17) is 4.74 Å². The Morgan fingerprint density at radius 1 is 0.750 bits per heavy atom. The van der Waals surface area contributed by atoms with Gasteiger partial charge in [0.1, 0.15) is 5.75 Å².